The van der Waals surface area contributed by atoms with Crippen LogP contribution in [0.5, 0.6) is 0 Å². The molecule has 0 saturated carbocycles. The van der Waals surface area contributed by atoms with Crippen molar-refractivity contribution in [2.45, 2.75) is 16.7 Å². The van der Waals surface area contributed by atoms with E-state index in [9.17, 15) is 18.0 Å². The maximum absolute atomic E-state index is 12.9. The maximum Gasteiger partial charge on any atom is 0.251 e. The number of hydrogen-bond acceptors (Lipinski definition) is 5. The summed E-state index contributed by atoms with van der Waals surface area (Å²) >= 11 is 0. The molecule has 1 heterocycles. The lowest BCUT2D eigenvalue weighted by molar-refractivity contribution is -0.111. The van der Waals surface area contributed by atoms with E-state index in [2.05, 4.69) is 15.6 Å². The van der Waals surface area contributed by atoms with Gasteiger partial charge in [0.2, 0.25) is 15.7 Å². The molecule has 0 unspecified atom stereocenters. The van der Waals surface area contributed by atoms with E-state index in [1.165, 1.54) is 48.5 Å². The highest BCUT2D eigenvalue weighted by Gasteiger charge is 2.19. The average molecular weight is 436 g/mol. The van der Waals surface area contributed by atoms with Crippen molar-refractivity contribution in [2.24, 2.45) is 0 Å². The van der Waals surface area contributed by atoms with Crippen LogP contribution in [0.25, 0.3) is 6.08 Å². The Bertz CT molecular complexity index is 1210. The molecule has 2 N–H and O–H groups in total. The van der Waals surface area contributed by atoms with Gasteiger partial charge in [-0.1, -0.05) is 12.1 Å². The summed E-state index contributed by atoms with van der Waals surface area (Å²) < 4.78 is 25.8. The maximum atomic E-state index is 12.9. The van der Waals surface area contributed by atoms with E-state index in [-0.39, 0.29) is 27.2 Å². The SMILES string of the molecule is CCNC(=O)c1cccc(S(=O)(=O)c2ccc(NC(=O)C=Cc3cccnc3)cc2)c1. The van der Waals surface area contributed by atoms with Gasteiger partial charge in [0, 0.05) is 36.3 Å². The molecule has 1 aromatic heterocycles. The second kappa shape index (κ2) is 9.82. The molecule has 0 aliphatic carbocycles. The van der Waals surface area contributed by atoms with Crippen LogP contribution in [-0.4, -0.2) is 31.8 Å². The number of anilines is 1. The molecule has 3 rings (SSSR count). The number of carbonyl (C=O) groups is 2. The van der Waals surface area contributed by atoms with Crippen LogP contribution >= 0.6 is 0 Å². The lowest BCUT2D eigenvalue weighted by Gasteiger charge is -2.08. The highest BCUT2D eigenvalue weighted by molar-refractivity contribution is 7.91. The summed E-state index contributed by atoms with van der Waals surface area (Å²) in [6.07, 6.45) is 6.27. The predicted octanol–water partition coefficient (Wildman–Crippen LogP) is 3.32. The van der Waals surface area contributed by atoms with Crippen LogP contribution in [0.1, 0.15) is 22.8 Å². The van der Waals surface area contributed by atoms with E-state index in [1.54, 1.807) is 37.5 Å². The number of benzene rings is 2. The molecule has 31 heavy (non-hydrogen) atoms. The van der Waals surface area contributed by atoms with Crippen LogP contribution in [-0.2, 0) is 14.6 Å². The van der Waals surface area contributed by atoms with Crippen LogP contribution < -0.4 is 10.6 Å². The van der Waals surface area contributed by atoms with E-state index in [0.29, 0.717) is 12.2 Å². The molecule has 2 amide bonds. The van der Waals surface area contributed by atoms with Crippen molar-refractivity contribution in [2.75, 3.05) is 11.9 Å². The summed E-state index contributed by atoms with van der Waals surface area (Å²) in [5.41, 5.74) is 1.51. The van der Waals surface area contributed by atoms with Gasteiger partial charge in [0.15, 0.2) is 0 Å². The molecule has 0 saturated heterocycles. The summed E-state index contributed by atoms with van der Waals surface area (Å²) in [6.45, 7) is 2.23. The molecule has 0 fully saturated rings. The van der Waals surface area contributed by atoms with E-state index >= 15 is 0 Å². The number of hydrogen-bond donors (Lipinski definition) is 2. The molecule has 0 aliphatic heterocycles. The molecule has 3 aromatic rings. The first-order valence-electron chi connectivity index (χ1n) is 9.52. The van der Waals surface area contributed by atoms with Crippen LogP contribution in [0, 0.1) is 0 Å². The molecule has 0 atom stereocenters. The zero-order chi connectivity index (χ0) is 22.3. The Morgan fingerprint density at radius 1 is 1.00 bits per heavy atom. The zero-order valence-electron chi connectivity index (χ0n) is 16.8. The molecular formula is C23H21N3O4S. The Morgan fingerprint density at radius 2 is 1.77 bits per heavy atom. The van der Waals surface area contributed by atoms with Crippen molar-refractivity contribution in [3.05, 3.63) is 90.3 Å². The monoisotopic (exact) mass is 435 g/mol. The molecular weight excluding hydrogens is 414 g/mol. The topological polar surface area (TPSA) is 105 Å². The third kappa shape index (κ3) is 5.64. The summed E-state index contributed by atoms with van der Waals surface area (Å²) in [7, 11) is -3.82. The Morgan fingerprint density at radius 3 is 2.45 bits per heavy atom. The molecule has 8 heteroatoms. The van der Waals surface area contributed by atoms with Gasteiger partial charge >= 0.3 is 0 Å². The van der Waals surface area contributed by atoms with Crippen LogP contribution in [0.3, 0.4) is 0 Å². The molecule has 7 nitrogen and oxygen atoms in total. The number of aromatic nitrogens is 1. The van der Waals surface area contributed by atoms with Crippen molar-refractivity contribution in [3.63, 3.8) is 0 Å². The smallest absolute Gasteiger partial charge is 0.251 e. The number of rotatable bonds is 7. The summed E-state index contributed by atoms with van der Waals surface area (Å²) in [5.74, 6) is -0.689. The van der Waals surface area contributed by atoms with Crippen molar-refractivity contribution in [3.8, 4) is 0 Å². The Hall–Kier alpha value is -3.78. The van der Waals surface area contributed by atoms with Gasteiger partial charge < -0.3 is 10.6 Å². The number of sulfone groups is 1. The Kier molecular flexibility index (Phi) is 6.94. The Balaban J connectivity index is 1.73. The first-order valence-corrected chi connectivity index (χ1v) is 11.0. The molecule has 158 valence electrons. The summed E-state index contributed by atoms with van der Waals surface area (Å²) in [4.78, 5) is 28.1. The highest BCUT2D eigenvalue weighted by Crippen LogP contribution is 2.23. The van der Waals surface area contributed by atoms with E-state index in [1.807, 2.05) is 6.07 Å². The van der Waals surface area contributed by atoms with E-state index < -0.39 is 9.84 Å². The molecule has 0 aliphatic rings. The number of pyridine rings is 1. The number of nitrogens with one attached hydrogen (secondary N) is 2. The largest absolute Gasteiger partial charge is 0.352 e. The van der Waals surface area contributed by atoms with Gasteiger partial charge in [0.25, 0.3) is 5.91 Å². The van der Waals surface area contributed by atoms with Gasteiger partial charge in [-0.15, -0.1) is 0 Å². The first kappa shape index (κ1) is 21.9. The first-order chi connectivity index (χ1) is 14.9. The lowest BCUT2D eigenvalue weighted by Crippen LogP contribution is -2.22. The van der Waals surface area contributed by atoms with Gasteiger partial charge in [-0.25, -0.2) is 8.42 Å². The normalized spacial score (nSPS) is 11.3. The zero-order valence-corrected chi connectivity index (χ0v) is 17.6. The van der Waals surface area contributed by atoms with Gasteiger partial charge in [-0.2, -0.15) is 0 Å². The van der Waals surface area contributed by atoms with Crippen LogP contribution in [0.4, 0.5) is 5.69 Å². The minimum Gasteiger partial charge on any atom is -0.352 e. The Labute approximate surface area is 180 Å². The van der Waals surface area contributed by atoms with E-state index in [4.69, 9.17) is 0 Å². The van der Waals surface area contributed by atoms with Crippen molar-refractivity contribution in [1.29, 1.82) is 0 Å². The van der Waals surface area contributed by atoms with E-state index in [0.717, 1.165) is 5.56 Å². The van der Waals surface area contributed by atoms with Crippen LogP contribution in [0.15, 0.2) is 88.9 Å². The molecule has 2 aromatic carbocycles. The van der Waals surface area contributed by atoms with Crippen molar-refractivity contribution < 1.29 is 18.0 Å². The van der Waals surface area contributed by atoms with Crippen molar-refractivity contribution in [1.82, 2.24) is 10.3 Å². The predicted molar refractivity (Wildman–Crippen MR) is 118 cm³/mol. The summed E-state index contributed by atoms with van der Waals surface area (Å²) in [5, 5.41) is 5.32. The van der Waals surface area contributed by atoms with Gasteiger partial charge in [0.05, 0.1) is 9.79 Å². The second-order valence-electron chi connectivity index (χ2n) is 6.52. The third-order valence-electron chi connectivity index (χ3n) is 4.29. The minimum absolute atomic E-state index is 0.0208. The lowest BCUT2D eigenvalue weighted by atomic mass is 10.2. The van der Waals surface area contributed by atoms with Gasteiger partial charge in [0.1, 0.15) is 0 Å². The average Bonchev–Trinajstić information content (AvgIpc) is 2.79. The molecule has 0 spiro atoms. The fraction of sp³-hybridized carbons (Fsp3) is 0.0870. The van der Waals surface area contributed by atoms with Gasteiger partial charge in [-0.3, -0.25) is 14.6 Å². The fourth-order valence-corrected chi connectivity index (χ4v) is 4.06. The third-order valence-corrected chi connectivity index (χ3v) is 6.05. The van der Waals surface area contributed by atoms with Crippen molar-refractivity contribution >= 4 is 33.4 Å². The second-order valence-corrected chi connectivity index (χ2v) is 8.47. The number of nitrogens with zero attached hydrogens (tertiary/aromatic N) is 1. The number of amides is 2. The van der Waals surface area contributed by atoms with Crippen LogP contribution in [0.2, 0.25) is 0 Å². The summed E-state index contributed by atoms with van der Waals surface area (Å²) in [6, 6.07) is 15.3. The quantitative estimate of drug-likeness (QED) is 0.554. The standard InChI is InChI=1S/C23H21N3O4S/c1-2-25-23(28)18-6-3-7-21(15-18)31(29,30)20-11-9-19(10-12-20)26-22(27)13-8-17-5-4-14-24-16-17/h3-16H,2H2,1H3,(H,25,28)(H,26,27). The minimum atomic E-state index is -3.82. The molecule has 0 bridgehead atoms. The number of carbonyl (C=O) groups excluding carboxylic acids is 2. The van der Waals surface area contributed by atoms with Gasteiger partial charge in [-0.05, 0) is 67.1 Å². The highest BCUT2D eigenvalue weighted by atomic mass is 32.2. The fourth-order valence-electron chi connectivity index (χ4n) is 2.75. The molecule has 0 radical (unpaired) electrons.